The van der Waals surface area contributed by atoms with Gasteiger partial charge in [-0.3, -0.25) is 14.7 Å². The molecule has 1 aromatic carbocycles. The molecule has 2 aliphatic rings. The van der Waals surface area contributed by atoms with E-state index in [0.717, 1.165) is 63.0 Å². The van der Waals surface area contributed by atoms with Gasteiger partial charge in [0, 0.05) is 43.7 Å². The molecule has 2 aliphatic heterocycles. The minimum Gasteiger partial charge on any atom is -0.370 e. The molecule has 1 amide bonds. The first kappa shape index (κ1) is 26.2. The number of rotatable bonds is 6. The van der Waals surface area contributed by atoms with Crippen LogP contribution in [-0.2, 0) is 4.79 Å². The maximum Gasteiger partial charge on any atom is 0.217 e. The number of likely N-dealkylation sites (tertiary alicyclic amines) is 2. The van der Waals surface area contributed by atoms with Gasteiger partial charge in [-0.1, -0.05) is 23.7 Å². The predicted octanol–water partition coefficient (Wildman–Crippen LogP) is 3.89. The Bertz CT molecular complexity index is 746. The van der Waals surface area contributed by atoms with Gasteiger partial charge >= 0.3 is 0 Å². The number of piperidine rings is 2. The maximum atomic E-state index is 11.4. The van der Waals surface area contributed by atoms with Crippen LogP contribution in [0.25, 0.3) is 0 Å². The highest BCUT2D eigenvalue weighted by molar-refractivity contribution is 14.0. The number of nitrogens with zero attached hydrogens (tertiary/aromatic N) is 3. The summed E-state index contributed by atoms with van der Waals surface area (Å²) in [5.74, 6) is 1.52. The summed E-state index contributed by atoms with van der Waals surface area (Å²) in [5, 5.41) is 4.25. The number of aliphatic imine (C=N–C) groups is 1. The third-order valence-electron chi connectivity index (χ3n) is 6.32. The molecule has 8 heteroatoms. The monoisotopic (exact) mass is 561 g/mol. The van der Waals surface area contributed by atoms with Gasteiger partial charge in [-0.05, 0) is 75.7 Å². The minimum atomic E-state index is -0.210. The summed E-state index contributed by atoms with van der Waals surface area (Å²) in [6.07, 6.45) is 4.94. The number of hydrogen-bond acceptors (Lipinski definition) is 3. The van der Waals surface area contributed by atoms with E-state index < -0.39 is 0 Å². The number of nitrogens with two attached hydrogens (primary N) is 1. The quantitative estimate of drug-likeness (QED) is 0.314. The second-order valence-corrected chi connectivity index (χ2v) is 9.14. The van der Waals surface area contributed by atoms with Crippen LogP contribution in [0.4, 0.5) is 0 Å². The molecule has 3 rings (SSSR count). The Balaban J connectivity index is 0.00000341. The normalized spacial score (nSPS) is 25.1. The highest BCUT2D eigenvalue weighted by Gasteiger charge is 2.31. The topological polar surface area (TPSA) is 74.0 Å². The molecule has 0 saturated carbocycles. The zero-order chi connectivity index (χ0) is 21.5. The minimum absolute atomic E-state index is 0. The van der Waals surface area contributed by atoms with Crippen molar-refractivity contribution in [3.05, 3.63) is 34.9 Å². The van der Waals surface area contributed by atoms with Crippen LogP contribution in [0.3, 0.4) is 0 Å². The molecular formula is C23H37ClIN5O. The number of carbonyl (C=O) groups excluding carboxylic acids is 1. The molecule has 0 aromatic heterocycles. The van der Waals surface area contributed by atoms with Gasteiger partial charge in [-0.15, -0.1) is 24.0 Å². The molecule has 0 spiro atoms. The molecule has 2 heterocycles. The van der Waals surface area contributed by atoms with Gasteiger partial charge in [0.15, 0.2) is 5.96 Å². The van der Waals surface area contributed by atoms with Gasteiger partial charge in [0.05, 0.1) is 0 Å². The molecule has 1 aromatic rings. The van der Waals surface area contributed by atoms with Crippen LogP contribution < -0.4 is 11.1 Å². The second-order valence-electron chi connectivity index (χ2n) is 8.70. The van der Waals surface area contributed by atoms with Gasteiger partial charge in [-0.2, -0.15) is 0 Å². The fourth-order valence-corrected chi connectivity index (χ4v) is 5.20. The van der Waals surface area contributed by atoms with Crippen molar-refractivity contribution in [1.82, 2.24) is 15.1 Å². The number of benzene rings is 1. The van der Waals surface area contributed by atoms with E-state index in [1.54, 1.807) is 0 Å². The van der Waals surface area contributed by atoms with Crippen LogP contribution in [0.15, 0.2) is 29.3 Å². The lowest BCUT2D eigenvalue weighted by Gasteiger charge is -2.39. The molecule has 0 bridgehead atoms. The number of amides is 1. The Hall–Kier alpha value is -1.06. The average Bonchev–Trinajstić information content (AvgIpc) is 2.71. The molecule has 3 atom stereocenters. The van der Waals surface area contributed by atoms with Crippen molar-refractivity contribution in [2.75, 3.05) is 39.8 Å². The van der Waals surface area contributed by atoms with Crippen molar-refractivity contribution in [2.24, 2.45) is 22.6 Å². The lowest BCUT2D eigenvalue weighted by atomic mass is 9.85. The third-order valence-corrected chi connectivity index (χ3v) is 6.55. The van der Waals surface area contributed by atoms with Gasteiger partial charge < -0.3 is 16.0 Å². The largest absolute Gasteiger partial charge is 0.370 e. The first-order valence-electron chi connectivity index (χ1n) is 11.2. The molecule has 174 valence electrons. The Morgan fingerprint density at radius 2 is 2.06 bits per heavy atom. The molecule has 2 fully saturated rings. The summed E-state index contributed by atoms with van der Waals surface area (Å²) in [6.45, 7) is 6.63. The third kappa shape index (κ3) is 7.49. The molecule has 6 nitrogen and oxygen atoms in total. The van der Waals surface area contributed by atoms with Crippen molar-refractivity contribution < 1.29 is 4.79 Å². The zero-order valence-corrected chi connectivity index (χ0v) is 21.8. The smallest absolute Gasteiger partial charge is 0.217 e. The zero-order valence-electron chi connectivity index (χ0n) is 18.7. The van der Waals surface area contributed by atoms with E-state index in [0.29, 0.717) is 24.3 Å². The molecule has 31 heavy (non-hydrogen) atoms. The Labute approximate surface area is 209 Å². The summed E-state index contributed by atoms with van der Waals surface area (Å²) < 4.78 is 0. The van der Waals surface area contributed by atoms with Crippen LogP contribution in [-0.4, -0.2) is 61.4 Å². The Morgan fingerprint density at radius 3 is 2.77 bits per heavy atom. The van der Waals surface area contributed by atoms with E-state index in [1.165, 1.54) is 12.0 Å². The lowest BCUT2D eigenvalue weighted by molar-refractivity contribution is -0.119. The SMILES string of the molecule is CCNC(=NCC1CCCN(C)C1c1cccc(Cl)c1)N1CCCC(CC(N)=O)C1.I. The molecule has 3 unspecified atom stereocenters. The first-order chi connectivity index (χ1) is 14.5. The molecular weight excluding hydrogens is 525 g/mol. The van der Waals surface area contributed by atoms with E-state index >= 15 is 0 Å². The first-order valence-corrected chi connectivity index (χ1v) is 11.6. The summed E-state index contributed by atoms with van der Waals surface area (Å²) in [4.78, 5) is 21.2. The van der Waals surface area contributed by atoms with Crippen molar-refractivity contribution in [1.29, 1.82) is 0 Å². The number of guanidine groups is 1. The van der Waals surface area contributed by atoms with Crippen LogP contribution in [0.5, 0.6) is 0 Å². The highest BCUT2D eigenvalue weighted by Crippen LogP contribution is 2.36. The van der Waals surface area contributed by atoms with E-state index in [-0.39, 0.29) is 29.9 Å². The van der Waals surface area contributed by atoms with Gasteiger partial charge in [0.25, 0.3) is 0 Å². The highest BCUT2D eigenvalue weighted by atomic mass is 127. The number of hydrogen-bond donors (Lipinski definition) is 2. The van der Waals surface area contributed by atoms with Crippen molar-refractivity contribution in [3.8, 4) is 0 Å². The summed E-state index contributed by atoms with van der Waals surface area (Å²) in [7, 11) is 2.20. The standard InChI is InChI=1S/C23H36ClN5O.HI/c1-3-26-23(29-12-5-7-17(16-29)13-21(25)30)27-15-19-9-6-11-28(2)22(19)18-8-4-10-20(24)14-18;/h4,8,10,14,17,19,22H,3,5-7,9,11-13,15-16H2,1-2H3,(H2,25,30)(H,26,27);1H. The number of carbonyl (C=O) groups is 1. The molecule has 2 saturated heterocycles. The van der Waals surface area contributed by atoms with Crippen molar-refractivity contribution in [3.63, 3.8) is 0 Å². The van der Waals surface area contributed by atoms with E-state index in [9.17, 15) is 4.79 Å². The van der Waals surface area contributed by atoms with E-state index in [4.69, 9.17) is 22.3 Å². The molecule has 0 aliphatic carbocycles. The average molecular weight is 562 g/mol. The van der Waals surface area contributed by atoms with E-state index in [2.05, 4.69) is 41.2 Å². The molecule has 0 radical (unpaired) electrons. The van der Waals surface area contributed by atoms with E-state index in [1.807, 2.05) is 12.1 Å². The van der Waals surface area contributed by atoms with Crippen molar-refractivity contribution >= 4 is 47.4 Å². The van der Waals surface area contributed by atoms with Gasteiger partial charge in [0.2, 0.25) is 5.91 Å². The lowest BCUT2D eigenvalue weighted by Crippen LogP contribution is -2.47. The predicted molar refractivity (Wildman–Crippen MR) is 139 cm³/mol. The number of nitrogens with one attached hydrogen (secondary N) is 1. The van der Waals surface area contributed by atoms with Crippen LogP contribution in [0.2, 0.25) is 5.02 Å². The van der Waals surface area contributed by atoms with Crippen LogP contribution in [0, 0.1) is 11.8 Å². The fraction of sp³-hybridized carbons (Fsp3) is 0.652. The van der Waals surface area contributed by atoms with Crippen LogP contribution in [0.1, 0.15) is 50.6 Å². The Morgan fingerprint density at radius 1 is 1.29 bits per heavy atom. The maximum absolute atomic E-state index is 11.4. The summed E-state index contributed by atoms with van der Waals surface area (Å²) in [5.41, 5.74) is 6.71. The number of primary amides is 1. The summed E-state index contributed by atoms with van der Waals surface area (Å²) in [6, 6.07) is 8.57. The molecule has 3 N–H and O–H groups in total. The number of halogens is 2. The second kappa shape index (κ2) is 12.8. The van der Waals surface area contributed by atoms with Gasteiger partial charge in [-0.25, -0.2) is 0 Å². The van der Waals surface area contributed by atoms with Crippen LogP contribution >= 0.6 is 35.6 Å². The Kier molecular flexibility index (Phi) is 10.9. The van der Waals surface area contributed by atoms with Gasteiger partial charge in [0.1, 0.15) is 0 Å². The fourth-order valence-electron chi connectivity index (χ4n) is 5.01. The van der Waals surface area contributed by atoms with Crippen molar-refractivity contribution in [2.45, 2.75) is 45.1 Å². The summed E-state index contributed by atoms with van der Waals surface area (Å²) >= 11 is 6.28.